The number of aromatic nitrogens is 3. The summed E-state index contributed by atoms with van der Waals surface area (Å²) in [5.74, 6) is 0.283. The number of halogens is 1. The lowest BCUT2D eigenvalue weighted by Crippen LogP contribution is -2.34. The van der Waals surface area contributed by atoms with Crippen molar-refractivity contribution in [3.63, 3.8) is 0 Å². The molecule has 1 aromatic carbocycles. The van der Waals surface area contributed by atoms with E-state index in [1.807, 2.05) is 36.6 Å². The summed E-state index contributed by atoms with van der Waals surface area (Å²) in [5, 5.41) is 14.5. The van der Waals surface area contributed by atoms with Crippen LogP contribution in [0.1, 0.15) is 38.3 Å². The normalized spacial score (nSPS) is 15.0. The monoisotopic (exact) mass is 404 g/mol. The number of nitrogens with one attached hydrogen (secondary N) is 4. The van der Waals surface area contributed by atoms with Gasteiger partial charge in [0.25, 0.3) is 5.56 Å². The molecule has 3 aromatic rings. The maximum absolute atomic E-state index is 12.4. The minimum Gasteiger partial charge on any atom is -0.336 e. The Morgan fingerprint density at radius 3 is 2.75 bits per heavy atom. The van der Waals surface area contributed by atoms with Crippen LogP contribution in [0.25, 0.3) is 16.6 Å². The number of piperidine rings is 1. The van der Waals surface area contributed by atoms with Gasteiger partial charge in [-0.1, -0.05) is 6.07 Å². The summed E-state index contributed by atoms with van der Waals surface area (Å²) in [7, 11) is 0. The topological polar surface area (TPSA) is 103 Å². The highest BCUT2D eigenvalue weighted by Crippen LogP contribution is 2.30. The average molecular weight is 405 g/mol. The zero-order valence-corrected chi connectivity index (χ0v) is 16.7. The lowest BCUT2D eigenvalue weighted by molar-refractivity contribution is 0.250. The van der Waals surface area contributed by atoms with E-state index in [0.717, 1.165) is 42.5 Å². The fourth-order valence-electron chi connectivity index (χ4n) is 3.72. The third-order valence-electron chi connectivity index (χ3n) is 4.89. The number of rotatable bonds is 3. The Labute approximate surface area is 168 Å². The Morgan fingerprint density at radius 1 is 1.29 bits per heavy atom. The van der Waals surface area contributed by atoms with Crippen molar-refractivity contribution in [2.75, 3.05) is 18.4 Å². The summed E-state index contributed by atoms with van der Waals surface area (Å²) in [6.07, 6.45) is 1.94. The van der Waals surface area contributed by atoms with Crippen molar-refractivity contribution < 1.29 is 4.79 Å². The number of aromatic amines is 1. The molecule has 4 N–H and O–H groups in total. The summed E-state index contributed by atoms with van der Waals surface area (Å²) in [5.41, 5.74) is 2.74. The van der Waals surface area contributed by atoms with E-state index in [9.17, 15) is 9.59 Å². The molecule has 0 saturated carbocycles. The standard InChI is InChI=1S/C19H24N6O2.ClH/c1-11(2)21-19(27)22-13-4-3-5-14-17(13)18-23-16(26)10-15(25(18)24-14)12-6-8-20-9-7-12;/h3-5,10-12,20H,6-9H2,1-2H3,(H,23,26)(H2,21,22,27);1H. The molecule has 0 unspecified atom stereocenters. The molecule has 8 nitrogen and oxygen atoms in total. The van der Waals surface area contributed by atoms with Crippen LogP contribution in [0.4, 0.5) is 10.5 Å². The number of carbonyl (C=O) groups excluding carboxylic acids is 1. The lowest BCUT2D eigenvalue weighted by atomic mass is 9.94. The van der Waals surface area contributed by atoms with Crippen LogP contribution in [0.15, 0.2) is 29.1 Å². The third-order valence-corrected chi connectivity index (χ3v) is 4.89. The second-order valence-corrected chi connectivity index (χ2v) is 7.30. The predicted molar refractivity (Wildman–Crippen MR) is 113 cm³/mol. The second kappa shape index (κ2) is 8.20. The molecule has 2 amide bonds. The highest BCUT2D eigenvalue weighted by atomic mass is 35.5. The van der Waals surface area contributed by atoms with Crippen LogP contribution in [-0.4, -0.2) is 39.8 Å². The van der Waals surface area contributed by atoms with E-state index in [0.29, 0.717) is 11.3 Å². The van der Waals surface area contributed by atoms with Crippen molar-refractivity contribution in [3.05, 3.63) is 40.3 Å². The summed E-state index contributed by atoms with van der Waals surface area (Å²) in [6.45, 7) is 5.67. The average Bonchev–Trinajstić information content (AvgIpc) is 3.00. The van der Waals surface area contributed by atoms with Crippen molar-refractivity contribution in [3.8, 4) is 0 Å². The largest absolute Gasteiger partial charge is 0.336 e. The highest BCUT2D eigenvalue weighted by molar-refractivity contribution is 6.07. The van der Waals surface area contributed by atoms with Gasteiger partial charge in [0.15, 0.2) is 0 Å². The molecule has 0 spiro atoms. The number of amides is 2. The van der Waals surface area contributed by atoms with E-state index in [4.69, 9.17) is 5.10 Å². The van der Waals surface area contributed by atoms with Crippen LogP contribution >= 0.6 is 12.4 Å². The number of nitrogens with zero attached hydrogens (tertiary/aromatic N) is 2. The third kappa shape index (κ3) is 3.83. The fraction of sp³-hybridized carbons (Fsp3) is 0.421. The molecule has 1 saturated heterocycles. The van der Waals surface area contributed by atoms with Crippen molar-refractivity contribution >= 4 is 40.7 Å². The molecular formula is C19H25ClN6O2. The summed E-state index contributed by atoms with van der Waals surface area (Å²) >= 11 is 0. The van der Waals surface area contributed by atoms with Gasteiger partial charge in [0.05, 0.1) is 22.3 Å². The highest BCUT2D eigenvalue weighted by Gasteiger charge is 2.21. The van der Waals surface area contributed by atoms with Gasteiger partial charge >= 0.3 is 6.03 Å². The van der Waals surface area contributed by atoms with Crippen LogP contribution in [0.5, 0.6) is 0 Å². The number of fused-ring (bicyclic) bond motifs is 3. The first-order chi connectivity index (χ1) is 13.0. The SMILES string of the molecule is CC(C)NC(=O)Nc1cccc2nn3c(C4CCNCC4)cc(=O)[nH]c3c12.Cl. The Morgan fingerprint density at radius 2 is 2.04 bits per heavy atom. The Balaban J connectivity index is 0.00000225. The van der Waals surface area contributed by atoms with Gasteiger partial charge < -0.3 is 20.9 Å². The van der Waals surface area contributed by atoms with Gasteiger partial charge in [0.1, 0.15) is 5.65 Å². The van der Waals surface area contributed by atoms with E-state index in [1.165, 1.54) is 0 Å². The number of urea groups is 1. The van der Waals surface area contributed by atoms with Gasteiger partial charge in [-0.2, -0.15) is 5.10 Å². The number of hydrogen-bond donors (Lipinski definition) is 4. The Bertz CT molecular complexity index is 1050. The summed E-state index contributed by atoms with van der Waals surface area (Å²) in [6, 6.07) is 6.95. The predicted octanol–water partition coefficient (Wildman–Crippen LogP) is 2.59. The van der Waals surface area contributed by atoms with Gasteiger partial charge in [-0.3, -0.25) is 4.79 Å². The minimum atomic E-state index is -0.284. The van der Waals surface area contributed by atoms with Crippen molar-refractivity contribution in [1.82, 2.24) is 25.2 Å². The van der Waals surface area contributed by atoms with Crippen LogP contribution in [0.3, 0.4) is 0 Å². The van der Waals surface area contributed by atoms with Gasteiger partial charge in [-0.05, 0) is 51.9 Å². The molecule has 3 heterocycles. The van der Waals surface area contributed by atoms with Gasteiger partial charge in [-0.15, -0.1) is 12.4 Å². The molecule has 9 heteroatoms. The van der Waals surface area contributed by atoms with Crippen LogP contribution in [-0.2, 0) is 0 Å². The second-order valence-electron chi connectivity index (χ2n) is 7.30. The summed E-state index contributed by atoms with van der Waals surface area (Å²) in [4.78, 5) is 27.4. The lowest BCUT2D eigenvalue weighted by Gasteiger charge is -2.23. The zero-order valence-electron chi connectivity index (χ0n) is 15.9. The molecular weight excluding hydrogens is 380 g/mol. The molecule has 0 radical (unpaired) electrons. The fourth-order valence-corrected chi connectivity index (χ4v) is 3.72. The molecule has 0 aliphatic carbocycles. The van der Waals surface area contributed by atoms with E-state index in [-0.39, 0.29) is 36.0 Å². The number of anilines is 1. The van der Waals surface area contributed by atoms with Crippen molar-refractivity contribution in [1.29, 1.82) is 0 Å². The summed E-state index contributed by atoms with van der Waals surface area (Å²) < 4.78 is 1.83. The molecule has 4 rings (SSSR count). The molecule has 1 aliphatic heterocycles. The maximum Gasteiger partial charge on any atom is 0.319 e. The first kappa shape index (κ1) is 20.2. The molecule has 2 aromatic heterocycles. The smallest absolute Gasteiger partial charge is 0.319 e. The molecule has 0 bridgehead atoms. The van der Waals surface area contributed by atoms with Crippen LogP contribution in [0.2, 0.25) is 0 Å². The van der Waals surface area contributed by atoms with E-state index >= 15 is 0 Å². The molecule has 1 aliphatic rings. The first-order valence-electron chi connectivity index (χ1n) is 9.36. The molecule has 28 heavy (non-hydrogen) atoms. The minimum absolute atomic E-state index is 0. The van der Waals surface area contributed by atoms with Crippen LogP contribution in [0, 0.1) is 0 Å². The molecule has 0 atom stereocenters. The van der Waals surface area contributed by atoms with Crippen molar-refractivity contribution in [2.45, 2.75) is 38.6 Å². The Hall–Kier alpha value is -2.58. The van der Waals surface area contributed by atoms with Crippen LogP contribution < -0.4 is 21.5 Å². The first-order valence-corrected chi connectivity index (χ1v) is 9.36. The number of hydrogen-bond acceptors (Lipinski definition) is 4. The zero-order chi connectivity index (χ0) is 19.0. The van der Waals surface area contributed by atoms with E-state index in [1.54, 1.807) is 6.07 Å². The van der Waals surface area contributed by atoms with Gasteiger partial charge in [0, 0.05) is 18.0 Å². The quantitative estimate of drug-likeness (QED) is 0.538. The van der Waals surface area contributed by atoms with E-state index in [2.05, 4.69) is 20.9 Å². The van der Waals surface area contributed by atoms with Gasteiger partial charge in [0.2, 0.25) is 0 Å². The number of carbonyl (C=O) groups is 1. The molecule has 150 valence electrons. The Kier molecular flexibility index (Phi) is 5.90. The maximum atomic E-state index is 12.4. The molecule has 1 fully saturated rings. The van der Waals surface area contributed by atoms with E-state index < -0.39 is 0 Å². The van der Waals surface area contributed by atoms with Gasteiger partial charge in [-0.25, -0.2) is 9.31 Å². The number of H-pyrrole nitrogens is 1. The number of benzene rings is 1. The van der Waals surface area contributed by atoms with Crippen molar-refractivity contribution in [2.24, 2.45) is 0 Å².